The monoisotopic (exact) mass is 354 g/mol. The van der Waals surface area contributed by atoms with E-state index in [1.54, 1.807) is 13.8 Å². The number of nitrogens with one attached hydrogen (secondary N) is 2. The van der Waals surface area contributed by atoms with Gasteiger partial charge in [0.05, 0.1) is 12.6 Å². The fourth-order valence-corrected chi connectivity index (χ4v) is 1.97. The Kier molecular flexibility index (Phi) is 9.05. The van der Waals surface area contributed by atoms with Crippen LogP contribution in [0.1, 0.15) is 34.6 Å². The Morgan fingerprint density at radius 3 is 2.20 bits per heavy atom. The minimum absolute atomic E-state index is 0.164. The summed E-state index contributed by atoms with van der Waals surface area (Å²) in [6, 6.07) is -1.57. The van der Waals surface area contributed by atoms with Crippen molar-refractivity contribution in [2.24, 2.45) is 11.1 Å². The molecule has 25 heavy (non-hydrogen) atoms. The third-order valence-electron chi connectivity index (χ3n) is 3.75. The fourth-order valence-electron chi connectivity index (χ4n) is 1.97. The highest BCUT2D eigenvalue weighted by Gasteiger charge is 2.34. The van der Waals surface area contributed by atoms with Gasteiger partial charge in [-0.1, -0.05) is 26.8 Å². The molecule has 0 radical (unpaired) electrons. The third-order valence-corrected chi connectivity index (χ3v) is 3.75. The van der Waals surface area contributed by atoms with Crippen molar-refractivity contribution in [3.05, 3.63) is 12.7 Å². The molecular formula is C17H30N4O4. The zero-order valence-corrected chi connectivity index (χ0v) is 15.7. The van der Waals surface area contributed by atoms with E-state index >= 15 is 0 Å². The number of Topliss-reactive ketones (excluding diaryl/α,β-unsaturated/α-hetero) is 1. The third kappa shape index (κ3) is 7.04. The van der Waals surface area contributed by atoms with Gasteiger partial charge in [0.2, 0.25) is 17.6 Å². The molecule has 0 heterocycles. The van der Waals surface area contributed by atoms with Crippen LogP contribution in [-0.2, 0) is 19.2 Å². The van der Waals surface area contributed by atoms with Crippen LogP contribution in [0, 0.1) is 5.41 Å². The normalized spacial score (nSPS) is 13.4. The zero-order chi connectivity index (χ0) is 19.8. The summed E-state index contributed by atoms with van der Waals surface area (Å²) in [6.45, 7) is 12.3. The Bertz CT molecular complexity index is 525. The van der Waals surface area contributed by atoms with Gasteiger partial charge in [0.15, 0.2) is 0 Å². The van der Waals surface area contributed by atoms with E-state index in [0.29, 0.717) is 6.54 Å². The Morgan fingerprint density at radius 1 is 1.20 bits per heavy atom. The van der Waals surface area contributed by atoms with E-state index in [2.05, 4.69) is 17.2 Å². The minimum Gasteiger partial charge on any atom is -0.347 e. The molecule has 0 aliphatic heterocycles. The summed E-state index contributed by atoms with van der Waals surface area (Å²) in [7, 11) is 0. The number of hydrogen-bond donors (Lipinski definition) is 3. The lowest BCUT2D eigenvalue weighted by atomic mass is 9.86. The largest absolute Gasteiger partial charge is 0.347 e. The van der Waals surface area contributed by atoms with E-state index in [4.69, 9.17) is 5.73 Å². The molecule has 8 heteroatoms. The highest BCUT2D eigenvalue weighted by molar-refractivity contribution is 6.37. The van der Waals surface area contributed by atoms with Crippen LogP contribution in [0.25, 0.3) is 0 Å². The van der Waals surface area contributed by atoms with Gasteiger partial charge in [0, 0.05) is 13.1 Å². The quantitative estimate of drug-likeness (QED) is 0.384. The lowest BCUT2D eigenvalue weighted by molar-refractivity contribution is -0.143. The molecule has 0 aliphatic carbocycles. The minimum atomic E-state index is -0.810. The second kappa shape index (κ2) is 9.93. The summed E-state index contributed by atoms with van der Waals surface area (Å²) in [5.74, 6) is -2.44. The summed E-state index contributed by atoms with van der Waals surface area (Å²) in [5.41, 5.74) is 5.53. The van der Waals surface area contributed by atoms with Gasteiger partial charge in [-0.2, -0.15) is 0 Å². The Morgan fingerprint density at radius 2 is 1.76 bits per heavy atom. The van der Waals surface area contributed by atoms with Crippen molar-refractivity contribution in [3.8, 4) is 0 Å². The van der Waals surface area contributed by atoms with E-state index in [9.17, 15) is 19.2 Å². The Labute approximate surface area is 149 Å². The van der Waals surface area contributed by atoms with Crippen molar-refractivity contribution in [2.45, 2.75) is 46.7 Å². The van der Waals surface area contributed by atoms with Gasteiger partial charge < -0.3 is 21.3 Å². The number of carbonyl (C=O) groups excluding carboxylic acids is 4. The molecule has 4 N–H and O–H groups in total. The van der Waals surface area contributed by atoms with Crippen molar-refractivity contribution < 1.29 is 19.2 Å². The molecule has 0 fully saturated rings. The molecule has 0 saturated heterocycles. The molecule has 142 valence electrons. The molecule has 0 aliphatic rings. The zero-order valence-electron chi connectivity index (χ0n) is 15.7. The number of amides is 3. The van der Waals surface area contributed by atoms with Gasteiger partial charge in [0.1, 0.15) is 6.04 Å². The lowest BCUT2D eigenvalue weighted by Gasteiger charge is -2.34. The summed E-state index contributed by atoms with van der Waals surface area (Å²) >= 11 is 0. The standard InChI is InChI=1S/C17H30N4O4/c1-7-9-19-15(24)12(22)10-20-14(23)11(3)21(8-2)16(25)13(18)17(4,5)6/h7,11,13H,1,8-10,18H2,2-6H3,(H,19,24)(H,20,23)/t11-,13+/m0/s1. The number of ketones is 1. The van der Waals surface area contributed by atoms with Gasteiger partial charge >= 0.3 is 0 Å². The van der Waals surface area contributed by atoms with E-state index < -0.39 is 41.6 Å². The molecule has 0 bridgehead atoms. The molecule has 0 unspecified atom stereocenters. The number of carbonyl (C=O) groups is 4. The Hall–Kier alpha value is -2.22. The van der Waals surface area contributed by atoms with Gasteiger partial charge in [0.25, 0.3) is 5.91 Å². The SMILES string of the molecule is C=CCNC(=O)C(=O)CNC(=O)[C@H](C)N(CC)C(=O)[C@@H](N)C(C)(C)C. The first-order valence-corrected chi connectivity index (χ1v) is 8.23. The highest BCUT2D eigenvalue weighted by Crippen LogP contribution is 2.20. The van der Waals surface area contributed by atoms with Crippen molar-refractivity contribution in [3.63, 3.8) is 0 Å². The number of likely N-dealkylation sites (N-methyl/N-ethyl adjacent to an activating group) is 1. The second-order valence-corrected chi connectivity index (χ2v) is 6.78. The second-order valence-electron chi connectivity index (χ2n) is 6.78. The number of hydrogen-bond acceptors (Lipinski definition) is 5. The predicted octanol–water partition coefficient (Wildman–Crippen LogP) is -0.416. The van der Waals surface area contributed by atoms with Gasteiger partial charge in [-0.25, -0.2) is 0 Å². The molecule has 8 nitrogen and oxygen atoms in total. The molecular weight excluding hydrogens is 324 g/mol. The number of nitrogens with zero attached hydrogens (tertiary/aromatic N) is 1. The van der Waals surface area contributed by atoms with Crippen LogP contribution in [0.2, 0.25) is 0 Å². The number of rotatable bonds is 9. The molecule has 3 amide bonds. The highest BCUT2D eigenvalue weighted by atomic mass is 16.2. The topological polar surface area (TPSA) is 122 Å². The van der Waals surface area contributed by atoms with E-state index in [1.165, 1.54) is 11.0 Å². The fraction of sp³-hybridized carbons (Fsp3) is 0.647. The molecule has 0 aromatic carbocycles. The first-order valence-electron chi connectivity index (χ1n) is 8.23. The van der Waals surface area contributed by atoms with Gasteiger partial charge in [-0.15, -0.1) is 6.58 Å². The van der Waals surface area contributed by atoms with Crippen LogP contribution >= 0.6 is 0 Å². The van der Waals surface area contributed by atoms with E-state index in [-0.39, 0.29) is 12.5 Å². The van der Waals surface area contributed by atoms with Crippen LogP contribution < -0.4 is 16.4 Å². The smallest absolute Gasteiger partial charge is 0.289 e. The maximum absolute atomic E-state index is 12.5. The van der Waals surface area contributed by atoms with Crippen LogP contribution in [0.5, 0.6) is 0 Å². The maximum atomic E-state index is 12.5. The summed E-state index contributed by atoms with van der Waals surface area (Å²) in [4.78, 5) is 49.2. The molecule has 0 saturated carbocycles. The van der Waals surface area contributed by atoms with Gasteiger partial charge in [-0.3, -0.25) is 19.2 Å². The van der Waals surface area contributed by atoms with Gasteiger partial charge in [-0.05, 0) is 19.3 Å². The predicted molar refractivity (Wildman–Crippen MR) is 95.5 cm³/mol. The molecule has 0 spiro atoms. The lowest BCUT2D eigenvalue weighted by Crippen LogP contribution is -2.56. The maximum Gasteiger partial charge on any atom is 0.289 e. The van der Waals surface area contributed by atoms with Crippen LogP contribution in [-0.4, -0.2) is 60.1 Å². The first-order chi connectivity index (χ1) is 11.5. The first kappa shape index (κ1) is 22.8. The molecule has 0 aromatic rings. The molecule has 0 aromatic heterocycles. The van der Waals surface area contributed by atoms with Crippen molar-refractivity contribution in [1.29, 1.82) is 0 Å². The summed E-state index contributed by atoms with van der Waals surface area (Å²) < 4.78 is 0. The summed E-state index contributed by atoms with van der Waals surface area (Å²) in [6.07, 6.45) is 1.44. The van der Waals surface area contributed by atoms with Crippen LogP contribution in [0.4, 0.5) is 0 Å². The molecule has 2 atom stereocenters. The van der Waals surface area contributed by atoms with E-state index in [0.717, 1.165) is 0 Å². The Balaban J connectivity index is 4.79. The average Bonchev–Trinajstić information content (AvgIpc) is 2.55. The average molecular weight is 354 g/mol. The number of nitrogens with two attached hydrogens (primary N) is 1. The van der Waals surface area contributed by atoms with Crippen LogP contribution in [0.15, 0.2) is 12.7 Å². The van der Waals surface area contributed by atoms with Crippen LogP contribution in [0.3, 0.4) is 0 Å². The van der Waals surface area contributed by atoms with Crippen molar-refractivity contribution >= 4 is 23.5 Å². The van der Waals surface area contributed by atoms with Crippen molar-refractivity contribution in [2.75, 3.05) is 19.6 Å². The summed E-state index contributed by atoms with van der Waals surface area (Å²) in [5, 5.41) is 4.71. The van der Waals surface area contributed by atoms with Crippen molar-refractivity contribution in [1.82, 2.24) is 15.5 Å². The molecule has 0 rings (SSSR count). The van der Waals surface area contributed by atoms with E-state index in [1.807, 2.05) is 20.8 Å².